The highest BCUT2D eigenvalue weighted by molar-refractivity contribution is 6.33. The van der Waals surface area contributed by atoms with E-state index in [-0.39, 0.29) is 6.04 Å². The molecule has 0 saturated heterocycles. The van der Waals surface area contributed by atoms with E-state index in [0.717, 1.165) is 5.69 Å². The summed E-state index contributed by atoms with van der Waals surface area (Å²) in [4.78, 5) is 0. The molecule has 1 aromatic rings. The fraction of sp³-hybridized carbons (Fsp3) is 0.200. The van der Waals surface area contributed by atoms with Crippen LogP contribution in [-0.4, -0.2) is 6.04 Å². The molecule has 1 aromatic carbocycles. The lowest BCUT2D eigenvalue weighted by molar-refractivity contribution is 1.00. The summed E-state index contributed by atoms with van der Waals surface area (Å²) in [6, 6.07) is 5.59. The third-order valence-corrected chi connectivity index (χ3v) is 2.09. The number of nitrogens with two attached hydrogens (primary N) is 1. The van der Waals surface area contributed by atoms with E-state index in [1.54, 1.807) is 12.1 Å². The minimum Gasteiger partial charge on any atom is -0.397 e. The predicted octanol–water partition coefficient (Wildman–Crippen LogP) is 2.91. The Morgan fingerprint density at radius 1 is 1.62 bits per heavy atom. The highest BCUT2D eigenvalue weighted by Crippen LogP contribution is 2.28. The zero-order valence-corrected chi connectivity index (χ0v) is 8.31. The van der Waals surface area contributed by atoms with Crippen LogP contribution >= 0.6 is 11.6 Å². The molecular weight excluding hydrogens is 184 g/mol. The van der Waals surface area contributed by atoms with Crippen LogP contribution < -0.4 is 11.1 Å². The molecule has 0 bridgehead atoms. The summed E-state index contributed by atoms with van der Waals surface area (Å²) in [5, 5.41) is 3.79. The van der Waals surface area contributed by atoms with Crippen LogP contribution in [-0.2, 0) is 0 Å². The van der Waals surface area contributed by atoms with Crippen LogP contribution in [0.2, 0.25) is 5.02 Å². The molecular formula is C10H13ClN2. The molecule has 70 valence electrons. The highest BCUT2D eigenvalue weighted by atomic mass is 35.5. The zero-order chi connectivity index (χ0) is 9.84. The molecule has 1 atom stereocenters. The number of benzene rings is 1. The normalized spacial score (nSPS) is 12.2. The zero-order valence-electron chi connectivity index (χ0n) is 7.55. The van der Waals surface area contributed by atoms with Crippen molar-refractivity contribution in [1.82, 2.24) is 0 Å². The van der Waals surface area contributed by atoms with E-state index in [9.17, 15) is 0 Å². The number of anilines is 2. The number of para-hydroxylation sites is 1. The van der Waals surface area contributed by atoms with E-state index in [0.29, 0.717) is 10.7 Å². The van der Waals surface area contributed by atoms with Crippen molar-refractivity contribution >= 4 is 23.0 Å². The molecule has 2 nitrogen and oxygen atoms in total. The Morgan fingerprint density at radius 2 is 2.31 bits per heavy atom. The molecule has 0 aliphatic heterocycles. The summed E-state index contributed by atoms with van der Waals surface area (Å²) in [5.74, 6) is 0. The third-order valence-electron chi connectivity index (χ3n) is 1.77. The topological polar surface area (TPSA) is 38.0 Å². The van der Waals surface area contributed by atoms with Gasteiger partial charge in [0, 0.05) is 6.04 Å². The van der Waals surface area contributed by atoms with Crippen molar-refractivity contribution in [2.45, 2.75) is 13.0 Å². The Bertz CT molecular complexity index is 290. The Kier molecular flexibility index (Phi) is 3.20. The van der Waals surface area contributed by atoms with Crippen molar-refractivity contribution in [3.8, 4) is 0 Å². The largest absolute Gasteiger partial charge is 0.397 e. The van der Waals surface area contributed by atoms with E-state index >= 15 is 0 Å². The lowest BCUT2D eigenvalue weighted by atomic mass is 10.2. The van der Waals surface area contributed by atoms with Crippen LogP contribution in [0.5, 0.6) is 0 Å². The SMILES string of the molecule is C=CC(C)Nc1c(N)cccc1Cl. The maximum Gasteiger partial charge on any atom is 0.0767 e. The maximum absolute atomic E-state index is 5.95. The fourth-order valence-electron chi connectivity index (χ4n) is 0.980. The minimum atomic E-state index is 0.155. The van der Waals surface area contributed by atoms with Crippen LogP contribution in [0, 0.1) is 0 Å². The average Bonchev–Trinajstić information content (AvgIpc) is 2.11. The summed E-state index contributed by atoms with van der Waals surface area (Å²) in [6.07, 6.45) is 1.79. The second-order valence-corrected chi connectivity index (χ2v) is 3.28. The molecule has 1 unspecified atom stereocenters. The minimum absolute atomic E-state index is 0.155. The number of halogens is 1. The Hall–Kier alpha value is -1.15. The molecule has 13 heavy (non-hydrogen) atoms. The molecule has 0 aliphatic rings. The summed E-state index contributed by atoms with van der Waals surface area (Å²) in [5.41, 5.74) is 7.17. The van der Waals surface area contributed by atoms with Crippen molar-refractivity contribution in [3.05, 3.63) is 35.9 Å². The first-order valence-electron chi connectivity index (χ1n) is 4.08. The van der Waals surface area contributed by atoms with E-state index < -0.39 is 0 Å². The van der Waals surface area contributed by atoms with E-state index in [1.807, 2.05) is 19.1 Å². The molecule has 0 aliphatic carbocycles. The number of hydrogen-bond acceptors (Lipinski definition) is 2. The molecule has 0 saturated carbocycles. The molecule has 0 aromatic heterocycles. The molecule has 0 amide bonds. The molecule has 3 N–H and O–H groups in total. The van der Waals surface area contributed by atoms with Crippen molar-refractivity contribution in [3.63, 3.8) is 0 Å². The van der Waals surface area contributed by atoms with Gasteiger partial charge in [0.1, 0.15) is 0 Å². The van der Waals surface area contributed by atoms with Gasteiger partial charge in [0.15, 0.2) is 0 Å². The van der Waals surface area contributed by atoms with Gasteiger partial charge >= 0.3 is 0 Å². The second kappa shape index (κ2) is 4.19. The molecule has 3 heteroatoms. The molecule has 0 spiro atoms. The first-order valence-corrected chi connectivity index (χ1v) is 4.46. The lowest BCUT2D eigenvalue weighted by Gasteiger charge is -2.14. The van der Waals surface area contributed by atoms with Gasteiger partial charge in [0.25, 0.3) is 0 Å². The van der Waals surface area contributed by atoms with Crippen molar-refractivity contribution in [2.24, 2.45) is 0 Å². The summed E-state index contributed by atoms with van der Waals surface area (Å²) in [7, 11) is 0. The summed E-state index contributed by atoms with van der Waals surface area (Å²) in [6.45, 7) is 5.65. The number of nitrogen functional groups attached to an aromatic ring is 1. The maximum atomic E-state index is 5.95. The van der Waals surface area contributed by atoms with Gasteiger partial charge in [-0.15, -0.1) is 6.58 Å². The molecule has 0 fully saturated rings. The van der Waals surface area contributed by atoms with Gasteiger partial charge in [0.2, 0.25) is 0 Å². The Balaban J connectivity index is 2.93. The van der Waals surface area contributed by atoms with Crippen LogP contribution in [0.15, 0.2) is 30.9 Å². The van der Waals surface area contributed by atoms with E-state index in [4.69, 9.17) is 17.3 Å². The quantitative estimate of drug-likeness (QED) is 0.576. The highest BCUT2D eigenvalue weighted by Gasteiger charge is 2.05. The van der Waals surface area contributed by atoms with Gasteiger partial charge in [-0.3, -0.25) is 0 Å². The van der Waals surface area contributed by atoms with Crippen molar-refractivity contribution < 1.29 is 0 Å². The van der Waals surface area contributed by atoms with Gasteiger partial charge in [0.05, 0.1) is 16.4 Å². The van der Waals surface area contributed by atoms with Gasteiger partial charge in [-0.25, -0.2) is 0 Å². The number of nitrogens with one attached hydrogen (secondary N) is 1. The lowest BCUT2D eigenvalue weighted by Crippen LogP contribution is -2.12. The first-order chi connectivity index (χ1) is 6.15. The summed E-state index contributed by atoms with van der Waals surface area (Å²) < 4.78 is 0. The average molecular weight is 197 g/mol. The Morgan fingerprint density at radius 3 is 2.85 bits per heavy atom. The fourth-order valence-corrected chi connectivity index (χ4v) is 1.22. The molecule has 0 heterocycles. The Labute approximate surface area is 83.4 Å². The second-order valence-electron chi connectivity index (χ2n) is 2.87. The smallest absolute Gasteiger partial charge is 0.0767 e. The molecule has 0 radical (unpaired) electrons. The van der Waals surface area contributed by atoms with Crippen LogP contribution in [0.1, 0.15) is 6.92 Å². The van der Waals surface area contributed by atoms with Crippen molar-refractivity contribution in [2.75, 3.05) is 11.1 Å². The van der Waals surface area contributed by atoms with Crippen LogP contribution in [0.4, 0.5) is 11.4 Å². The standard InChI is InChI=1S/C10H13ClN2/c1-3-7(2)13-10-8(11)5-4-6-9(10)12/h3-7,13H,1,12H2,2H3. The first kappa shape index (κ1) is 9.93. The molecule has 1 rings (SSSR count). The predicted molar refractivity (Wildman–Crippen MR) is 59.1 cm³/mol. The van der Waals surface area contributed by atoms with Gasteiger partial charge < -0.3 is 11.1 Å². The third kappa shape index (κ3) is 2.39. The monoisotopic (exact) mass is 196 g/mol. The van der Waals surface area contributed by atoms with E-state index in [1.165, 1.54) is 0 Å². The van der Waals surface area contributed by atoms with Crippen LogP contribution in [0.3, 0.4) is 0 Å². The van der Waals surface area contributed by atoms with Gasteiger partial charge in [-0.1, -0.05) is 23.7 Å². The van der Waals surface area contributed by atoms with E-state index in [2.05, 4.69) is 11.9 Å². The van der Waals surface area contributed by atoms with Crippen molar-refractivity contribution in [1.29, 1.82) is 0 Å². The van der Waals surface area contributed by atoms with Gasteiger partial charge in [-0.2, -0.15) is 0 Å². The van der Waals surface area contributed by atoms with Gasteiger partial charge in [-0.05, 0) is 19.1 Å². The number of hydrogen-bond donors (Lipinski definition) is 2. The summed E-state index contributed by atoms with van der Waals surface area (Å²) >= 11 is 5.95. The number of rotatable bonds is 3. The van der Waals surface area contributed by atoms with Crippen LogP contribution in [0.25, 0.3) is 0 Å².